The van der Waals surface area contributed by atoms with Gasteiger partial charge in [0.2, 0.25) is 12.1 Å². The molecule has 3 atom stereocenters. The average molecular weight is 624 g/mol. The Labute approximate surface area is 236 Å². The Morgan fingerprint density at radius 2 is 1.57 bits per heavy atom. The van der Waals surface area contributed by atoms with Crippen LogP contribution in [0.2, 0.25) is 0 Å². The van der Waals surface area contributed by atoms with Gasteiger partial charge in [-0.25, -0.2) is 8.78 Å². The number of hydrogen-bond acceptors (Lipinski definition) is 8. The monoisotopic (exact) mass is 623 g/mol. The van der Waals surface area contributed by atoms with Crippen LogP contribution in [0, 0.1) is 13.8 Å². The van der Waals surface area contributed by atoms with Crippen molar-refractivity contribution in [2.24, 2.45) is 0 Å². The summed E-state index contributed by atoms with van der Waals surface area (Å²) in [5, 5.41) is 9.89. The standard InChI is InChI=1S/C25H23ClF4NO7PS/c1-14-3-7-16(8-4-14)37-39(40,38-17-9-5-15(2)6-10-17)35-13-24(22(27)28)21(34)25(29,30)23(36-24)31-12-18(26)19(32)11-20(31)33/h3-10,12,21-23,34H,11,13H2,1-2H3/t21-,23-,24-/m1/s1. The number of allylic oxidation sites excluding steroid dienone is 1. The SMILES string of the molecule is Cc1ccc(OP(=S)(OC[C@@]2(C(F)F)O[C@@H](N3C=C(Cl)C(=O)CC3=O)C(F)(F)[C@@H]2O)Oc2ccc(C)cc2)cc1. The van der Waals surface area contributed by atoms with Gasteiger partial charge < -0.3 is 18.9 Å². The second kappa shape index (κ2) is 11.4. The Balaban J connectivity index is 1.66. The highest BCUT2D eigenvalue weighted by atomic mass is 35.5. The smallest absolute Gasteiger partial charge is 0.416 e. The van der Waals surface area contributed by atoms with Crippen LogP contribution in [0.25, 0.3) is 0 Å². The molecule has 15 heteroatoms. The van der Waals surface area contributed by atoms with E-state index in [2.05, 4.69) is 0 Å². The van der Waals surface area contributed by atoms with E-state index < -0.39 is 66.7 Å². The number of aryl methyl sites for hydroxylation is 2. The summed E-state index contributed by atoms with van der Waals surface area (Å²) in [4.78, 5) is 24.2. The topological polar surface area (TPSA) is 94.5 Å². The summed E-state index contributed by atoms with van der Waals surface area (Å²) in [6.07, 6.45) is -10.0. The van der Waals surface area contributed by atoms with E-state index in [9.17, 15) is 23.5 Å². The van der Waals surface area contributed by atoms with Gasteiger partial charge in [0, 0.05) is 18.0 Å². The predicted octanol–water partition coefficient (Wildman–Crippen LogP) is 5.24. The van der Waals surface area contributed by atoms with Crippen LogP contribution in [-0.2, 0) is 30.7 Å². The molecule has 2 aromatic carbocycles. The molecule has 1 amide bonds. The minimum Gasteiger partial charge on any atom is -0.416 e. The van der Waals surface area contributed by atoms with Gasteiger partial charge in [-0.2, -0.15) is 8.78 Å². The van der Waals surface area contributed by atoms with Crippen LogP contribution < -0.4 is 9.05 Å². The minimum atomic E-state index is -4.44. The molecule has 4 rings (SSSR count). The fourth-order valence-corrected chi connectivity index (χ4v) is 5.99. The first kappa shape index (κ1) is 30.4. The maximum Gasteiger partial charge on any atom is 0.435 e. The van der Waals surface area contributed by atoms with Crippen molar-refractivity contribution >= 4 is 41.8 Å². The molecule has 0 saturated carbocycles. The van der Waals surface area contributed by atoms with Crippen molar-refractivity contribution in [3.63, 3.8) is 0 Å². The maximum atomic E-state index is 15.2. The molecule has 2 aromatic rings. The summed E-state index contributed by atoms with van der Waals surface area (Å²) in [6.45, 7) is -1.86. The molecule has 0 bridgehead atoms. The van der Waals surface area contributed by atoms with Crippen molar-refractivity contribution < 1.29 is 50.6 Å². The Kier molecular flexibility index (Phi) is 8.66. The molecule has 2 heterocycles. The van der Waals surface area contributed by atoms with Crippen molar-refractivity contribution in [1.82, 2.24) is 4.90 Å². The third-order valence-electron chi connectivity index (χ3n) is 6.15. The second-order valence-corrected chi connectivity index (χ2v) is 12.5. The lowest BCUT2D eigenvalue weighted by Crippen LogP contribution is -2.54. The number of Topliss-reactive ketones (excluding diaryl/α,β-unsaturated/α-hetero) is 1. The summed E-state index contributed by atoms with van der Waals surface area (Å²) in [7, 11) is 0. The number of ketones is 1. The van der Waals surface area contributed by atoms with Gasteiger partial charge in [0.15, 0.2) is 17.5 Å². The molecular formula is C25H23ClF4NO7PS. The maximum absolute atomic E-state index is 15.2. The number of alkyl halides is 4. The normalized spacial score (nSPS) is 24.8. The highest BCUT2D eigenvalue weighted by Gasteiger charge is 2.72. The molecule has 8 nitrogen and oxygen atoms in total. The van der Waals surface area contributed by atoms with Crippen LogP contribution in [0.3, 0.4) is 0 Å². The molecule has 40 heavy (non-hydrogen) atoms. The quantitative estimate of drug-likeness (QED) is 0.230. The summed E-state index contributed by atoms with van der Waals surface area (Å²) in [5.74, 6) is -6.19. The number of carbonyl (C=O) groups is 2. The molecule has 1 fully saturated rings. The van der Waals surface area contributed by atoms with Crippen molar-refractivity contribution in [3.8, 4) is 11.5 Å². The van der Waals surface area contributed by atoms with Gasteiger partial charge in [-0.1, -0.05) is 47.0 Å². The summed E-state index contributed by atoms with van der Waals surface area (Å²) < 4.78 is 81.4. The fourth-order valence-electron chi connectivity index (χ4n) is 3.89. The third-order valence-corrected chi connectivity index (χ3v) is 8.54. The van der Waals surface area contributed by atoms with Crippen LogP contribution >= 0.6 is 18.3 Å². The van der Waals surface area contributed by atoms with Gasteiger partial charge in [-0.15, -0.1) is 0 Å². The number of ether oxygens (including phenoxy) is 1. The minimum absolute atomic E-state index is 0.145. The fraction of sp³-hybridized carbons (Fsp3) is 0.360. The molecular weight excluding hydrogens is 601 g/mol. The van der Waals surface area contributed by atoms with Crippen molar-refractivity contribution in [1.29, 1.82) is 0 Å². The van der Waals surface area contributed by atoms with Crippen molar-refractivity contribution in [2.45, 2.75) is 50.5 Å². The molecule has 0 radical (unpaired) electrons. The number of amides is 1. The highest BCUT2D eigenvalue weighted by Crippen LogP contribution is 2.54. The summed E-state index contributed by atoms with van der Waals surface area (Å²) in [5.41, 5.74) is -1.64. The number of carbonyl (C=O) groups excluding carboxylic acids is 2. The van der Waals surface area contributed by atoms with E-state index in [0.717, 1.165) is 11.1 Å². The molecule has 1 N–H and O–H groups in total. The first-order valence-corrected chi connectivity index (χ1v) is 14.6. The first-order chi connectivity index (χ1) is 18.7. The van der Waals surface area contributed by atoms with Crippen LogP contribution in [0.5, 0.6) is 11.5 Å². The Hall–Kier alpha value is -2.54. The molecule has 2 aliphatic heterocycles. The summed E-state index contributed by atoms with van der Waals surface area (Å²) >= 11 is 11.1. The zero-order valence-electron chi connectivity index (χ0n) is 20.9. The van der Waals surface area contributed by atoms with Crippen LogP contribution in [0.4, 0.5) is 17.6 Å². The lowest BCUT2D eigenvalue weighted by Gasteiger charge is -2.33. The Bertz CT molecular complexity index is 1310. The third kappa shape index (κ3) is 6.05. The van der Waals surface area contributed by atoms with E-state index in [-0.39, 0.29) is 16.4 Å². The molecule has 1 saturated heterocycles. The molecule has 0 spiro atoms. The van der Waals surface area contributed by atoms with E-state index in [0.29, 0.717) is 6.20 Å². The first-order valence-electron chi connectivity index (χ1n) is 11.7. The van der Waals surface area contributed by atoms with Gasteiger partial charge in [-0.05, 0) is 38.1 Å². The van der Waals surface area contributed by atoms with Crippen LogP contribution in [0.15, 0.2) is 59.8 Å². The van der Waals surface area contributed by atoms with Gasteiger partial charge in [0.1, 0.15) is 16.5 Å². The average Bonchev–Trinajstić information content (AvgIpc) is 3.09. The lowest BCUT2D eigenvalue weighted by atomic mass is 9.95. The molecule has 216 valence electrons. The Morgan fingerprint density at radius 1 is 1.07 bits per heavy atom. The number of nitrogens with zero attached hydrogens (tertiary/aromatic N) is 1. The Morgan fingerprint density at radius 3 is 2.05 bits per heavy atom. The number of hydrogen-bond donors (Lipinski definition) is 1. The number of aliphatic hydroxyl groups excluding tert-OH is 1. The number of benzene rings is 2. The molecule has 0 aliphatic carbocycles. The largest absolute Gasteiger partial charge is 0.435 e. The number of aliphatic hydroxyl groups is 1. The van der Waals surface area contributed by atoms with Gasteiger partial charge in [-0.3, -0.25) is 19.0 Å². The lowest BCUT2D eigenvalue weighted by molar-refractivity contribution is -0.201. The zero-order valence-corrected chi connectivity index (χ0v) is 23.4. The van der Waals surface area contributed by atoms with Gasteiger partial charge in [0.05, 0.1) is 13.0 Å². The number of halogens is 5. The molecule has 0 aromatic heterocycles. The van der Waals surface area contributed by atoms with Crippen LogP contribution in [0.1, 0.15) is 17.5 Å². The van der Waals surface area contributed by atoms with E-state index in [1.54, 1.807) is 24.3 Å². The van der Waals surface area contributed by atoms with E-state index in [1.165, 1.54) is 24.3 Å². The summed E-state index contributed by atoms with van der Waals surface area (Å²) in [6, 6.07) is 12.8. The van der Waals surface area contributed by atoms with Gasteiger partial charge >= 0.3 is 12.6 Å². The predicted molar refractivity (Wildman–Crippen MR) is 139 cm³/mol. The van der Waals surface area contributed by atoms with Crippen LogP contribution in [-0.4, -0.2) is 58.6 Å². The highest BCUT2D eigenvalue weighted by molar-refractivity contribution is 8.07. The van der Waals surface area contributed by atoms with Gasteiger partial charge in [0.25, 0.3) is 6.43 Å². The van der Waals surface area contributed by atoms with Crippen molar-refractivity contribution in [2.75, 3.05) is 6.61 Å². The number of rotatable bonds is 9. The van der Waals surface area contributed by atoms with E-state index in [1.807, 2.05) is 13.8 Å². The molecule has 0 unspecified atom stereocenters. The zero-order chi connectivity index (χ0) is 29.5. The van der Waals surface area contributed by atoms with Crippen molar-refractivity contribution in [3.05, 3.63) is 70.9 Å². The molecule has 2 aliphatic rings. The van der Waals surface area contributed by atoms with E-state index in [4.69, 9.17) is 41.7 Å². The van der Waals surface area contributed by atoms with E-state index >= 15 is 8.78 Å². The second-order valence-electron chi connectivity index (χ2n) is 9.21.